The van der Waals surface area contributed by atoms with Crippen LogP contribution in [0.25, 0.3) is 21.0 Å². The molecule has 2 aromatic carbocycles. The van der Waals surface area contributed by atoms with E-state index in [-0.39, 0.29) is 30.8 Å². The number of hydrogen-bond donors (Lipinski definition) is 0. The second kappa shape index (κ2) is 11.5. The van der Waals surface area contributed by atoms with Crippen molar-refractivity contribution in [3.63, 3.8) is 0 Å². The molecule has 9 nitrogen and oxygen atoms in total. The maximum atomic E-state index is 14.1. The lowest BCUT2D eigenvalue weighted by Crippen LogP contribution is -2.45. The van der Waals surface area contributed by atoms with Crippen LogP contribution in [0.1, 0.15) is 30.5 Å². The van der Waals surface area contributed by atoms with Gasteiger partial charge in [0.2, 0.25) is 11.8 Å². The molecule has 2 aliphatic rings. The summed E-state index contributed by atoms with van der Waals surface area (Å²) in [6, 6.07) is 17.6. The van der Waals surface area contributed by atoms with Gasteiger partial charge >= 0.3 is 5.97 Å². The van der Waals surface area contributed by atoms with Gasteiger partial charge in [-0.25, -0.2) is 9.48 Å². The van der Waals surface area contributed by atoms with Gasteiger partial charge in [-0.1, -0.05) is 64.8 Å². The Morgan fingerprint density at radius 3 is 2.52 bits per heavy atom. The maximum Gasteiger partial charge on any atom is 0.328 e. The maximum absolute atomic E-state index is 14.1. The van der Waals surface area contributed by atoms with E-state index in [4.69, 9.17) is 27.9 Å². The topological polar surface area (TPSA) is 97.6 Å². The molecule has 4 aromatic rings. The van der Waals surface area contributed by atoms with Gasteiger partial charge in [0, 0.05) is 31.3 Å². The Balaban J connectivity index is 1.25. The van der Waals surface area contributed by atoms with E-state index >= 15 is 0 Å². The number of thiophene rings is 1. The number of likely N-dealkylation sites (tertiary alicyclic amines) is 2. The van der Waals surface area contributed by atoms with Crippen molar-refractivity contribution in [1.82, 2.24) is 24.8 Å². The first kappa shape index (κ1) is 28.4. The van der Waals surface area contributed by atoms with Crippen LogP contribution in [0.2, 0.25) is 10.0 Å². The largest absolute Gasteiger partial charge is 0.467 e. The van der Waals surface area contributed by atoms with Crippen LogP contribution in [0, 0.1) is 5.92 Å². The number of hydrogen-bond acceptors (Lipinski definition) is 7. The van der Waals surface area contributed by atoms with Crippen molar-refractivity contribution >= 4 is 52.3 Å². The number of methoxy groups -OCH3 is 1. The molecule has 2 aromatic heterocycles. The second-order valence-electron chi connectivity index (χ2n) is 10.5. The quantitative estimate of drug-likeness (QED) is 0.263. The van der Waals surface area contributed by atoms with Gasteiger partial charge in [0.1, 0.15) is 11.7 Å². The molecule has 2 unspecified atom stereocenters. The summed E-state index contributed by atoms with van der Waals surface area (Å²) in [5.74, 6) is -1.69. The molecule has 0 aliphatic carbocycles. The van der Waals surface area contributed by atoms with Crippen LogP contribution in [0.4, 0.5) is 0 Å². The molecule has 2 fully saturated rings. The highest BCUT2D eigenvalue weighted by molar-refractivity contribution is 7.18. The lowest BCUT2D eigenvalue weighted by Gasteiger charge is -2.30. The number of aromatic nitrogens is 3. The molecule has 12 heteroatoms. The minimum atomic E-state index is -0.818. The number of rotatable bonds is 6. The van der Waals surface area contributed by atoms with Crippen LogP contribution in [0.5, 0.6) is 0 Å². The first-order valence-corrected chi connectivity index (χ1v) is 15.0. The third kappa shape index (κ3) is 5.19. The molecule has 42 heavy (non-hydrogen) atoms. The van der Waals surface area contributed by atoms with Gasteiger partial charge in [-0.05, 0) is 35.4 Å². The Kier molecular flexibility index (Phi) is 7.78. The molecule has 0 bridgehead atoms. The van der Waals surface area contributed by atoms with Crippen molar-refractivity contribution in [2.45, 2.75) is 31.0 Å². The van der Waals surface area contributed by atoms with Crippen LogP contribution >= 0.6 is 34.5 Å². The standard InChI is InChI=1S/C30H27Cl2N5O4S/c1-35-27(38)14-20(28(35)18-8-9-21(31)22(32)12-18)29(39)36-15-19(13-24(36)30(40)41-2)37-16-23(33-34-37)26-11-10-25(42-26)17-6-4-3-5-7-17/h3-12,16,19-20,24,28H,13-15H2,1-2H3/t19-,20?,24-,28?/m0/s1. The summed E-state index contributed by atoms with van der Waals surface area (Å²) in [7, 11) is 2.97. The van der Waals surface area contributed by atoms with E-state index in [1.54, 1.807) is 46.2 Å². The SMILES string of the molecule is COC(=O)[C@@H]1C[C@H](n2cc(-c3ccc(-c4ccccc4)s3)nn2)CN1C(=O)C1CC(=O)N(C)C1c1ccc(Cl)c(Cl)c1. The van der Waals surface area contributed by atoms with Crippen molar-refractivity contribution in [3.8, 4) is 21.0 Å². The molecule has 2 saturated heterocycles. The summed E-state index contributed by atoms with van der Waals surface area (Å²) in [5, 5.41) is 9.48. The highest BCUT2D eigenvalue weighted by Crippen LogP contribution is 2.42. The van der Waals surface area contributed by atoms with E-state index < -0.39 is 24.0 Å². The van der Waals surface area contributed by atoms with E-state index in [2.05, 4.69) is 28.5 Å². The van der Waals surface area contributed by atoms with Crippen molar-refractivity contribution in [2.24, 2.45) is 5.92 Å². The zero-order valence-corrected chi connectivity index (χ0v) is 25.1. The van der Waals surface area contributed by atoms with Crippen molar-refractivity contribution in [1.29, 1.82) is 0 Å². The summed E-state index contributed by atoms with van der Waals surface area (Å²) in [4.78, 5) is 44.9. The third-order valence-electron chi connectivity index (χ3n) is 8.03. The Hall–Kier alpha value is -3.73. The van der Waals surface area contributed by atoms with E-state index in [0.717, 1.165) is 15.3 Å². The smallest absolute Gasteiger partial charge is 0.328 e. The summed E-state index contributed by atoms with van der Waals surface area (Å²) in [6.45, 7) is 0.226. The van der Waals surface area contributed by atoms with Crippen LogP contribution in [-0.4, -0.2) is 69.3 Å². The fraction of sp³-hybridized carbons (Fsp3) is 0.300. The third-order valence-corrected chi connectivity index (χ3v) is 9.92. The van der Waals surface area contributed by atoms with E-state index in [9.17, 15) is 14.4 Å². The minimum Gasteiger partial charge on any atom is -0.467 e. The van der Waals surface area contributed by atoms with E-state index in [0.29, 0.717) is 27.7 Å². The Morgan fingerprint density at radius 1 is 1.02 bits per heavy atom. The molecule has 0 saturated carbocycles. The number of halogens is 2. The Morgan fingerprint density at radius 2 is 1.79 bits per heavy atom. The average molecular weight is 625 g/mol. The van der Waals surface area contributed by atoms with Gasteiger partial charge < -0.3 is 14.5 Å². The fourth-order valence-electron chi connectivity index (χ4n) is 5.87. The minimum absolute atomic E-state index is 0.0188. The van der Waals surface area contributed by atoms with Gasteiger partial charge in [0.25, 0.3) is 0 Å². The van der Waals surface area contributed by atoms with Crippen molar-refractivity contribution in [2.75, 3.05) is 20.7 Å². The number of esters is 1. The summed E-state index contributed by atoms with van der Waals surface area (Å²) in [6.07, 6.45) is 2.18. The summed E-state index contributed by atoms with van der Waals surface area (Å²) in [5.41, 5.74) is 2.54. The molecule has 0 radical (unpaired) electrons. The van der Waals surface area contributed by atoms with E-state index in [1.165, 1.54) is 12.0 Å². The predicted octanol–water partition coefficient (Wildman–Crippen LogP) is 5.52. The summed E-state index contributed by atoms with van der Waals surface area (Å²) >= 11 is 14.0. The second-order valence-corrected chi connectivity index (χ2v) is 12.4. The number of benzene rings is 2. The molecule has 0 N–H and O–H groups in total. The average Bonchev–Trinajstić information content (AvgIpc) is 3.80. The van der Waals surface area contributed by atoms with Gasteiger partial charge in [-0.15, -0.1) is 16.4 Å². The molecule has 4 atom stereocenters. The zero-order valence-electron chi connectivity index (χ0n) is 22.8. The highest BCUT2D eigenvalue weighted by Gasteiger charge is 2.49. The Bertz CT molecular complexity index is 1660. The molecule has 0 spiro atoms. The first-order chi connectivity index (χ1) is 20.2. The highest BCUT2D eigenvalue weighted by atomic mass is 35.5. The van der Waals surface area contributed by atoms with Gasteiger partial charge in [-0.2, -0.15) is 0 Å². The molecule has 2 aliphatic heterocycles. The number of nitrogens with zero attached hydrogens (tertiary/aromatic N) is 5. The number of carbonyl (C=O) groups is 3. The molecule has 2 amide bonds. The molecule has 6 rings (SSSR count). The normalized spacial score (nSPS) is 22.1. The predicted molar refractivity (Wildman–Crippen MR) is 160 cm³/mol. The van der Waals surface area contributed by atoms with Gasteiger partial charge in [0.15, 0.2) is 0 Å². The molecule has 4 heterocycles. The lowest BCUT2D eigenvalue weighted by molar-refractivity contribution is -0.152. The fourth-order valence-corrected chi connectivity index (χ4v) is 7.13. The number of amides is 2. The van der Waals surface area contributed by atoms with Crippen molar-refractivity contribution < 1.29 is 19.1 Å². The van der Waals surface area contributed by atoms with Crippen LogP contribution in [-0.2, 0) is 19.1 Å². The number of ether oxygens (including phenoxy) is 1. The monoisotopic (exact) mass is 623 g/mol. The molecular formula is C30H27Cl2N5O4S. The number of carbonyl (C=O) groups excluding carboxylic acids is 3. The molecule has 216 valence electrons. The Labute approximate surface area is 256 Å². The van der Waals surface area contributed by atoms with Crippen LogP contribution in [0.15, 0.2) is 66.9 Å². The van der Waals surface area contributed by atoms with Crippen LogP contribution < -0.4 is 0 Å². The lowest BCUT2D eigenvalue weighted by atomic mass is 9.92. The van der Waals surface area contributed by atoms with E-state index in [1.807, 2.05) is 30.5 Å². The van der Waals surface area contributed by atoms with Crippen molar-refractivity contribution in [3.05, 3.63) is 82.5 Å². The van der Waals surface area contributed by atoms with Gasteiger partial charge in [-0.3, -0.25) is 9.59 Å². The zero-order chi connectivity index (χ0) is 29.5. The van der Waals surface area contributed by atoms with Gasteiger partial charge in [0.05, 0.1) is 46.2 Å². The van der Waals surface area contributed by atoms with Crippen LogP contribution in [0.3, 0.4) is 0 Å². The molecular weight excluding hydrogens is 597 g/mol. The first-order valence-electron chi connectivity index (χ1n) is 13.4. The summed E-state index contributed by atoms with van der Waals surface area (Å²) < 4.78 is 6.79.